The number of fused-ring (bicyclic) bond motifs is 1. The second-order valence-electron chi connectivity index (χ2n) is 9.93. The van der Waals surface area contributed by atoms with Gasteiger partial charge in [0.05, 0.1) is 11.4 Å². The number of nitrogens with zero attached hydrogens (tertiary/aromatic N) is 3. The van der Waals surface area contributed by atoms with Gasteiger partial charge in [0.1, 0.15) is 11.6 Å². The molecule has 1 aliphatic rings. The number of aliphatic imine (C=N–C) groups is 1. The molecule has 0 unspecified atom stereocenters. The fourth-order valence-corrected chi connectivity index (χ4v) is 4.09. The molecule has 0 saturated carbocycles. The van der Waals surface area contributed by atoms with Gasteiger partial charge in [-0.15, -0.1) is 0 Å². The zero-order valence-electron chi connectivity index (χ0n) is 21.8. The molecule has 2 N–H and O–H groups in total. The number of anilines is 1. The smallest absolute Gasteiger partial charge is 0.408 e. The molecule has 0 bridgehead atoms. The standard InChI is InChI=1S/C29H31N5O4/c1-29(2,3)38-28(37)31-22(17-19-11-10-16-30-18-19)26(35)33-25-27(36)34(4)23-15-9-8-14-21(23)24(32-25)20-12-6-5-7-13-20/h5-16,18,22,25H,17H2,1-4H3,(H,31,37)(H,33,35)/t22-,25+/m1/s1. The number of ether oxygens (including phenoxy) is 1. The van der Waals surface area contributed by atoms with Gasteiger partial charge in [-0.05, 0) is 38.5 Å². The molecule has 38 heavy (non-hydrogen) atoms. The number of para-hydroxylation sites is 1. The summed E-state index contributed by atoms with van der Waals surface area (Å²) in [5.74, 6) is -0.984. The Morgan fingerprint density at radius 1 is 1.03 bits per heavy atom. The Bertz CT molecular complexity index is 1340. The minimum atomic E-state index is -1.22. The minimum Gasteiger partial charge on any atom is -0.444 e. The van der Waals surface area contributed by atoms with E-state index >= 15 is 0 Å². The summed E-state index contributed by atoms with van der Waals surface area (Å²) in [6.45, 7) is 5.21. The van der Waals surface area contributed by atoms with E-state index in [1.807, 2.05) is 54.6 Å². The predicted octanol–water partition coefficient (Wildman–Crippen LogP) is 3.47. The van der Waals surface area contributed by atoms with Crippen molar-refractivity contribution in [3.63, 3.8) is 0 Å². The van der Waals surface area contributed by atoms with Gasteiger partial charge in [0.15, 0.2) is 0 Å². The van der Waals surface area contributed by atoms with E-state index in [2.05, 4.69) is 15.6 Å². The maximum atomic E-state index is 13.6. The molecular weight excluding hydrogens is 482 g/mol. The fraction of sp³-hybridized carbons (Fsp3) is 0.276. The third-order valence-corrected chi connectivity index (χ3v) is 5.84. The Morgan fingerprint density at radius 3 is 2.42 bits per heavy atom. The largest absolute Gasteiger partial charge is 0.444 e. The van der Waals surface area contributed by atoms with Crippen LogP contribution < -0.4 is 15.5 Å². The van der Waals surface area contributed by atoms with Gasteiger partial charge in [-0.1, -0.05) is 54.6 Å². The third-order valence-electron chi connectivity index (χ3n) is 5.84. The molecule has 2 atom stereocenters. The van der Waals surface area contributed by atoms with Gasteiger partial charge in [-0.25, -0.2) is 9.79 Å². The summed E-state index contributed by atoms with van der Waals surface area (Å²) in [5.41, 5.74) is 2.81. The number of pyridine rings is 1. The number of carbonyl (C=O) groups is 3. The van der Waals surface area contributed by atoms with Crippen molar-refractivity contribution in [2.45, 2.75) is 45.0 Å². The maximum Gasteiger partial charge on any atom is 0.408 e. The van der Waals surface area contributed by atoms with Gasteiger partial charge in [0.2, 0.25) is 12.1 Å². The van der Waals surface area contributed by atoms with E-state index in [1.54, 1.807) is 52.3 Å². The van der Waals surface area contributed by atoms with Crippen molar-refractivity contribution in [2.75, 3.05) is 11.9 Å². The zero-order chi connectivity index (χ0) is 27.3. The zero-order valence-corrected chi connectivity index (χ0v) is 21.8. The van der Waals surface area contributed by atoms with Crippen LogP contribution in [0.15, 0.2) is 84.1 Å². The topological polar surface area (TPSA) is 113 Å². The van der Waals surface area contributed by atoms with E-state index in [1.165, 1.54) is 4.90 Å². The average Bonchev–Trinajstić information content (AvgIpc) is 2.99. The average molecular weight is 514 g/mol. The van der Waals surface area contributed by atoms with Crippen LogP contribution in [0.25, 0.3) is 0 Å². The quantitative estimate of drug-likeness (QED) is 0.524. The van der Waals surface area contributed by atoms with Gasteiger partial charge in [0, 0.05) is 37.0 Å². The van der Waals surface area contributed by atoms with Crippen molar-refractivity contribution in [1.82, 2.24) is 15.6 Å². The number of aromatic nitrogens is 1. The Balaban J connectivity index is 1.66. The molecule has 0 saturated heterocycles. The fourth-order valence-electron chi connectivity index (χ4n) is 4.09. The lowest BCUT2D eigenvalue weighted by Gasteiger charge is -2.25. The molecular formula is C29H31N5O4. The van der Waals surface area contributed by atoms with Gasteiger partial charge >= 0.3 is 6.09 Å². The van der Waals surface area contributed by atoms with Gasteiger partial charge in [-0.3, -0.25) is 14.6 Å². The van der Waals surface area contributed by atoms with Gasteiger partial charge < -0.3 is 20.3 Å². The highest BCUT2D eigenvalue weighted by Gasteiger charge is 2.33. The SMILES string of the molecule is CN1C(=O)[C@H](NC(=O)[C@@H](Cc2cccnc2)NC(=O)OC(C)(C)C)N=C(c2ccccc2)c2ccccc21. The Labute approximate surface area is 221 Å². The Hall–Kier alpha value is -4.53. The molecule has 0 radical (unpaired) electrons. The van der Waals surface area contributed by atoms with Crippen molar-refractivity contribution in [1.29, 1.82) is 0 Å². The number of alkyl carbamates (subject to hydrolysis) is 1. The van der Waals surface area contributed by atoms with Crippen LogP contribution in [-0.2, 0) is 20.7 Å². The summed E-state index contributed by atoms with van der Waals surface area (Å²) in [4.78, 5) is 49.9. The molecule has 3 aromatic rings. The highest BCUT2D eigenvalue weighted by Crippen LogP contribution is 2.27. The molecule has 196 valence electrons. The molecule has 4 rings (SSSR count). The van der Waals surface area contributed by atoms with Crippen molar-refractivity contribution >= 4 is 29.3 Å². The van der Waals surface area contributed by atoms with Crippen LogP contribution in [0.4, 0.5) is 10.5 Å². The first kappa shape index (κ1) is 26.5. The Morgan fingerprint density at radius 2 is 1.74 bits per heavy atom. The van der Waals surface area contributed by atoms with Crippen LogP contribution in [0.5, 0.6) is 0 Å². The Kier molecular flexibility index (Phi) is 7.85. The second kappa shape index (κ2) is 11.2. The number of benzene rings is 2. The molecule has 0 aliphatic carbocycles. The minimum absolute atomic E-state index is 0.144. The van der Waals surface area contributed by atoms with Crippen LogP contribution in [0.3, 0.4) is 0 Å². The van der Waals surface area contributed by atoms with Crippen LogP contribution in [0.1, 0.15) is 37.5 Å². The number of carbonyl (C=O) groups excluding carboxylic acids is 3. The highest BCUT2D eigenvalue weighted by molar-refractivity contribution is 6.20. The number of amides is 3. The second-order valence-corrected chi connectivity index (χ2v) is 9.93. The van der Waals surface area contributed by atoms with Crippen LogP contribution in [0.2, 0.25) is 0 Å². The van der Waals surface area contributed by atoms with Crippen LogP contribution in [-0.4, -0.2) is 53.5 Å². The van der Waals surface area contributed by atoms with Crippen molar-refractivity contribution in [2.24, 2.45) is 4.99 Å². The molecule has 1 aromatic heterocycles. The lowest BCUT2D eigenvalue weighted by atomic mass is 10.0. The first-order chi connectivity index (χ1) is 18.1. The van der Waals surface area contributed by atoms with Crippen molar-refractivity contribution in [3.8, 4) is 0 Å². The summed E-state index contributed by atoms with van der Waals surface area (Å²) in [5, 5.41) is 5.39. The van der Waals surface area contributed by atoms with E-state index in [4.69, 9.17) is 9.73 Å². The first-order valence-electron chi connectivity index (χ1n) is 12.3. The molecule has 1 aliphatic heterocycles. The number of rotatable bonds is 6. The third kappa shape index (κ3) is 6.42. The molecule has 9 heteroatoms. The maximum absolute atomic E-state index is 13.6. The number of nitrogens with one attached hydrogen (secondary N) is 2. The number of benzodiazepines with no additional fused rings is 1. The molecule has 3 amide bonds. The van der Waals surface area contributed by atoms with Gasteiger partial charge in [0.25, 0.3) is 5.91 Å². The van der Waals surface area contributed by atoms with Crippen molar-refractivity contribution in [3.05, 3.63) is 95.8 Å². The van der Waals surface area contributed by atoms with E-state index in [-0.39, 0.29) is 6.42 Å². The van der Waals surface area contributed by atoms with Crippen LogP contribution in [0, 0.1) is 0 Å². The van der Waals surface area contributed by atoms with E-state index < -0.39 is 35.7 Å². The summed E-state index contributed by atoms with van der Waals surface area (Å²) in [6, 6.07) is 19.4. The molecule has 0 fully saturated rings. The lowest BCUT2D eigenvalue weighted by Crippen LogP contribution is -2.54. The molecule has 0 spiro atoms. The first-order valence-corrected chi connectivity index (χ1v) is 12.3. The number of hydrogen-bond acceptors (Lipinski definition) is 6. The monoisotopic (exact) mass is 513 g/mol. The predicted molar refractivity (Wildman–Crippen MR) is 145 cm³/mol. The number of likely N-dealkylation sites (N-methyl/N-ethyl adjacent to an activating group) is 1. The normalized spacial score (nSPS) is 16.0. The van der Waals surface area contributed by atoms with Crippen molar-refractivity contribution < 1.29 is 19.1 Å². The molecule has 2 heterocycles. The summed E-state index contributed by atoms with van der Waals surface area (Å²) in [6.07, 6.45) is 1.42. The lowest BCUT2D eigenvalue weighted by molar-refractivity contribution is -0.128. The number of hydrogen-bond donors (Lipinski definition) is 2. The van der Waals surface area contributed by atoms with E-state index in [0.717, 1.165) is 16.7 Å². The molecule has 9 nitrogen and oxygen atoms in total. The molecule has 2 aromatic carbocycles. The summed E-state index contributed by atoms with van der Waals surface area (Å²) < 4.78 is 5.37. The van der Waals surface area contributed by atoms with E-state index in [9.17, 15) is 14.4 Å². The van der Waals surface area contributed by atoms with Crippen LogP contribution >= 0.6 is 0 Å². The highest BCUT2D eigenvalue weighted by atomic mass is 16.6. The van der Waals surface area contributed by atoms with E-state index in [0.29, 0.717) is 11.4 Å². The van der Waals surface area contributed by atoms with Gasteiger partial charge in [-0.2, -0.15) is 0 Å². The summed E-state index contributed by atoms with van der Waals surface area (Å²) in [7, 11) is 1.65. The summed E-state index contributed by atoms with van der Waals surface area (Å²) >= 11 is 0.